The summed E-state index contributed by atoms with van der Waals surface area (Å²) in [5.41, 5.74) is 0.769. The van der Waals surface area contributed by atoms with Crippen LogP contribution >= 0.6 is 15.9 Å². The van der Waals surface area contributed by atoms with Crippen molar-refractivity contribution in [1.29, 1.82) is 0 Å². The summed E-state index contributed by atoms with van der Waals surface area (Å²) in [6.07, 6.45) is 0. The summed E-state index contributed by atoms with van der Waals surface area (Å²) in [7, 11) is 1.76. The molecule has 1 aromatic rings. The molecule has 0 saturated heterocycles. The van der Waals surface area contributed by atoms with E-state index in [-0.39, 0.29) is 36.5 Å². The molecule has 0 unspecified atom stereocenters. The Morgan fingerprint density at radius 1 is 1.13 bits per heavy atom. The zero-order chi connectivity index (χ0) is 17.6. The summed E-state index contributed by atoms with van der Waals surface area (Å²) in [6, 6.07) is 7.75. The van der Waals surface area contributed by atoms with Crippen molar-refractivity contribution in [3.63, 3.8) is 0 Å². The maximum absolute atomic E-state index is 12.1. The van der Waals surface area contributed by atoms with Gasteiger partial charge < -0.3 is 10.6 Å². The van der Waals surface area contributed by atoms with Crippen molar-refractivity contribution >= 4 is 27.7 Å². The molecule has 1 atom stereocenters. The first-order valence-corrected chi connectivity index (χ1v) is 8.40. The maximum Gasteiger partial charge on any atom is 0.234 e. The first-order chi connectivity index (χ1) is 10.6. The number of amides is 2. The topological polar surface area (TPSA) is 61.4 Å². The third-order valence-electron chi connectivity index (χ3n) is 3.09. The number of carbonyl (C=O) groups is 2. The number of likely N-dealkylation sites (N-methyl/N-ethyl adjacent to an activating group) is 1. The van der Waals surface area contributed by atoms with E-state index in [0.717, 1.165) is 10.0 Å². The zero-order valence-corrected chi connectivity index (χ0v) is 16.0. The molecule has 0 radical (unpaired) electrons. The van der Waals surface area contributed by atoms with Crippen LogP contribution < -0.4 is 10.6 Å². The Morgan fingerprint density at radius 3 is 2.17 bits per heavy atom. The second-order valence-electron chi connectivity index (χ2n) is 6.81. The van der Waals surface area contributed by atoms with Crippen molar-refractivity contribution in [1.82, 2.24) is 15.5 Å². The highest BCUT2D eigenvalue weighted by Crippen LogP contribution is 2.16. The van der Waals surface area contributed by atoms with Gasteiger partial charge in [0, 0.05) is 10.0 Å². The van der Waals surface area contributed by atoms with Gasteiger partial charge in [0.15, 0.2) is 0 Å². The second-order valence-corrected chi connectivity index (χ2v) is 7.73. The molecular weight excluding hydrogens is 358 g/mol. The minimum absolute atomic E-state index is 0.0765. The molecule has 2 amide bonds. The van der Waals surface area contributed by atoms with Crippen LogP contribution in [0, 0.1) is 0 Å². The average Bonchev–Trinajstić information content (AvgIpc) is 2.36. The lowest BCUT2D eigenvalue weighted by atomic mass is 10.1. The predicted molar refractivity (Wildman–Crippen MR) is 96.1 cm³/mol. The summed E-state index contributed by atoms with van der Waals surface area (Å²) in [5.74, 6) is -0.194. The van der Waals surface area contributed by atoms with Crippen LogP contribution in [0.4, 0.5) is 0 Å². The Bertz CT molecular complexity index is 538. The number of benzene rings is 1. The molecule has 0 heterocycles. The van der Waals surface area contributed by atoms with Gasteiger partial charge in [-0.15, -0.1) is 0 Å². The number of hydrogen-bond acceptors (Lipinski definition) is 3. The molecule has 1 rings (SSSR count). The van der Waals surface area contributed by atoms with Gasteiger partial charge in [-0.3, -0.25) is 14.5 Å². The molecule has 0 bridgehead atoms. The van der Waals surface area contributed by atoms with Gasteiger partial charge in [0.1, 0.15) is 0 Å². The largest absolute Gasteiger partial charge is 0.350 e. The van der Waals surface area contributed by atoms with Gasteiger partial charge in [-0.05, 0) is 52.4 Å². The summed E-state index contributed by atoms with van der Waals surface area (Å²) >= 11 is 3.39. The molecule has 0 aliphatic heterocycles. The van der Waals surface area contributed by atoms with E-state index in [1.807, 2.05) is 52.0 Å². The van der Waals surface area contributed by atoms with E-state index in [9.17, 15) is 9.59 Å². The van der Waals surface area contributed by atoms with Gasteiger partial charge in [-0.25, -0.2) is 0 Å². The molecule has 128 valence electrons. The normalized spacial score (nSPS) is 12.8. The molecule has 5 nitrogen and oxygen atoms in total. The van der Waals surface area contributed by atoms with Gasteiger partial charge in [0.05, 0.1) is 19.1 Å². The number of nitrogens with zero attached hydrogens (tertiary/aromatic N) is 1. The van der Waals surface area contributed by atoms with Gasteiger partial charge in [-0.1, -0.05) is 28.1 Å². The Morgan fingerprint density at radius 2 is 1.65 bits per heavy atom. The highest BCUT2D eigenvalue weighted by molar-refractivity contribution is 9.10. The third kappa shape index (κ3) is 8.13. The SMILES string of the molecule is C[C@@H](NC(=O)CN(C)CC(=O)NC(C)(C)C)c1ccc(Br)cc1. The molecule has 0 aliphatic carbocycles. The maximum atomic E-state index is 12.1. The van der Waals surface area contributed by atoms with Crippen LogP contribution in [0.2, 0.25) is 0 Å². The number of carbonyl (C=O) groups excluding carboxylic acids is 2. The van der Waals surface area contributed by atoms with Crippen molar-refractivity contribution in [2.45, 2.75) is 39.3 Å². The van der Waals surface area contributed by atoms with Crippen LogP contribution in [-0.2, 0) is 9.59 Å². The fourth-order valence-corrected chi connectivity index (χ4v) is 2.39. The van der Waals surface area contributed by atoms with Crippen LogP contribution in [-0.4, -0.2) is 42.4 Å². The van der Waals surface area contributed by atoms with Crippen LogP contribution in [0.5, 0.6) is 0 Å². The first kappa shape index (κ1) is 19.6. The minimum Gasteiger partial charge on any atom is -0.350 e. The van der Waals surface area contributed by atoms with Crippen LogP contribution in [0.15, 0.2) is 28.7 Å². The number of halogens is 1. The van der Waals surface area contributed by atoms with Gasteiger partial charge in [0.25, 0.3) is 0 Å². The molecule has 0 saturated carbocycles. The standard InChI is InChI=1S/C17H26BrN3O2/c1-12(13-6-8-14(18)9-7-13)19-15(22)10-21(5)11-16(23)20-17(2,3)4/h6-9,12H,10-11H2,1-5H3,(H,19,22)(H,20,23)/t12-/m1/s1. The molecule has 2 N–H and O–H groups in total. The van der Waals surface area contributed by atoms with E-state index in [1.54, 1.807) is 11.9 Å². The quantitative estimate of drug-likeness (QED) is 0.792. The summed E-state index contributed by atoms with van der Waals surface area (Å²) in [5, 5.41) is 5.82. The van der Waals surface area contributed by atoms with E-state index in [4.69, 9.17) is 0 Å². The van der Waals surface area contributed by atoms with Gasteiger partial charge in [-0.2, -0.15) is 0 Å². The fraction of sp³-hybridized carbons (Fsp3) is 0.529. The minimum atomic E-state index is -0.268. The third-order valence-corrected chi connectivity index (χ3v) is 3.62. The van der Waals surface area contributed by atoms with Crippen molar-refractivity contribution in [3.05, 3.63) is 34.3 Å². The van der Waals surface area contributed by atoms with Gasteiger partial charge in [0.2, 0.25) is 11.8 Å². The Balaban J connectivity index is 2.43. The highest BCUT2D eigenvalue weighted by Gasteiger charge is 2.17. The van der Waals surface area contributed by atoms with Crippen LogP contribution in [0.25, 0.3) is 0 Å². The molecule has 1 aromatic carbocycles. The number of rotatable bonds is 6. The number of hydrogen-bond donors (Lipinski definition) is 2. The zero-order valence-electron chi connectivity index (χ0n) is 14.4. The van der Waals surface area contributed by atoms with E-state index in [1.165, 1.54) is 0 Å². The molecule has 0 spiro atoms. The van der Waals surface area contributed by atoms with Crippen molar-refractivity contribution in [2.24, 2.45) is 0 Å². The fourth-order valence-electron chi connectivity index (χ4n) is 2.13. The lowest BCUT2D eigenvalue weighted by Gasteiger charge is -2.23. The summed E-state index contributed by atoms with van der Waals surface area (Å²) in [6.45, 7) is 8.09. The molecule has 23 heavy (non-hydrogen) atoms. The van der Waals surface area contributed by atoms with Crippen molar-refractivity contribution in [2.75, 3.05) is 20.1 Å². The van der Waals surface area contributed by atoms with E-state index >= 15 is 0 Å². The lowest BCUT2D eigenvalue weighted by Crippen LogP contribution is -2.47. The van der Waals surface area contributed by atoms with Crippen LogP contribution in [0.3, 0.4) is 0 Å². The summed E-state index contributed by atoms with van der Waals surface area (Å²) in [4.78, 5) is 25.6. The lowest BCUT2D eigenvalue weighted by molar-refractivity contribution is -0.125. The highest BCUT2D eigenvalue weighted by atomic mass is 79.9. The monoisotopic (exact) mass is 383 g/mol. The van der Waals surface area contributed by atoms with Gasteiger partial charge >= 0.3 is 0 Å². The molecule has 0 fully saturated rings. The van der Waals surface area contributed by atoms with Crippen molar-refractivity contribution in [3.8, 4) is 0 Å². The molecule has 0 aliphatic rings. The Hall–Kier alpha value is -1.40. The van der Waals surface area contributed by atoms with E-state index in [2.05, 4.69) is 26.6 Å². The second kappa shape index (κ2) is 8.45. The van der Waals surface area contributed by atoms with E-state index < -0.39 is 0 Å². The predicted octanol–water partition coefficient (Wildman–Crippen LogP) is 2.47. The van der Waals surface area contributed by atoms with E-state index in [0.29, 0.717) is 0 Å². The van der Waals surface area contributed by atoms with Crippen molar-refractivity contribution < 1.29 is 9.59 Å². The average molecular weight is 384 g/mol. The number of nitrogens with one attached hydrogen (secondary N) is 2. The first-order valence-electron chi connectivity index (χ1n) is 7.61. The Labute approximate surface area is 146 Å². The molecule has 6 heteroatoms. The summed E-state index contributed by atoms with van der Waals surface area (Å²) < 4.78 is 1.00. The van der Waals surface area contributed by atoms with Crippen LogP contribution in [0.1, 0.15) is 39.3 Å². The molecule has 0 aromatic heterocycles. The smallest absolute Gasteiger partial charge is 0.234 e. The molecular formula is C17H26BrN3O2. The Kier molecular flexibility index (Phi) is 7.22.